The fourth-order valence-electron chi connectivity index (χ4n) is 3.33. The van der Waals surface area contributed by atoms with E-state index in [0.29, 0.717) is 35.9 Å². The van der Waals surface area contributed by atoms with Gasteiger partial charge in [-0.15, -0.1) is 0 Å². The zero-order chi connectivity index (χ0) is 22.1. The molecule has 0 bridgehead atoms. The normalized spacial score (nSPS) is 10.8. The Hall–Kier alpha value is -3.32. The number of rotatable bonds is 11. The Bertz CT molecular complexity index is 968. The first-order valence-electron chi connectivity index (χ1n) is 10.5. The number of aromatic amines is 1. The number of carbonyl (C=O) groups is 1. The summed E-state index contributed by atoms with van der Waals surface area (Å²) in [6.45, 7) is 8.10. The SMILES string of the molecule is CCN(CC)CCOc1ccc(CNC(=O)c2cn[nH]c2-c2ccccc2)cc1OC. The molecule has 31 heavy (non-hydrogen) atoms. The number of hydrogen-bond donors (Lipinski definition) is 2. The second-order valence-electron chi connectivity index (χ2n) is 7.07. The Morgan fingerprint density at radius 1 is 1.10 bits per heavy atom. The van der Waals surface area contributed by atoms with Crippen LogP contribution in [0.4, 0.5) is 0 Å². The molecule has 0 aliphatic rings. The maximum Gasteiger partial charge on any atom is 0.255 e. The molecule has 0 saturated carbocycles. The number of H-pyrrole nitrogens is 1. The van der Waals surface area contributed by atoms with Gasteiger partial charge in [-0.2, -0.15) is 5.10 Å². The molecule has 1 aromatic heterocycles. The molecule has 7 heteroatoms. The zero-order valence-electron chi connectivity index (χ0n) is 18.4. The van der Waals surface area contributed by atoms with Crippen LogP contribution in [0.3, 0.4) is 0 Å². The maximum absolute atomic E-state index is 12.7. The van der Waals surface area contributed by atoms with E-state index in [2.05, 4.69) is 34.3 Å². The van der Waals surface area contributed by atoms with Gasteiger partial charge in [0.15, 0.2) is 11.5 Å². The largest absolute Gasteiger partial charge is 0.493 e. The predicted octanol–water partition coefficient (Wildman–Crippen LogP) is 3.74. The van der Waals surface area contributed by atoms with E-state index < -0.39 is 0 Å². The highest BCUT2D eigenvalue weighted by molar-refractivity contribution is 5.99. The third-order valence-corrected chi connectivity index (χ3v) is 5.19. The molecule has 7 nitrogen and oxygen atoms in total. The minimum Gasteiger partial charge on any atom is -0.493 e. The molecule has 164 valence electrons. The van der Waals surface area contributed by atoms with E-state index in [0.717, 1.165) is 30.8 Å². The van der Waals surface area contributed by atoms with Crippen molar-refractivity contribution in [3.05, 3.63) is 65.9 Å². The standard InChI is InChI=1S/C24H30N4O3/c1-4-28(5-2)13-14-31-21-12-11-18(15-22(21)30-3)16-25-24(29)20-17-26-27-23(20)19-9-7-6-8-10-19/h6-12,15,17H,4-5,13-14,16H2,1-3H3,(H,25,29)(H,26,27). The summed E-state index contributed by atoms with van der Waals surface area (Å²) in [5, 5.41) is 9.91. The molecule has 0 atom stereocenters. The van der Waals surface area contributed by atoms with Crippen LogP contribution in [0.25, 0.3) is 11.3 Å². The number of likely N-dealkylation sites (N-methyl/N-ethyl adjacent to an activating group) is 1. The lowest BCUT2D eigenvalue weighted by Gasteiger charge is -2.19. The van der Waals surface area contributed by atoms with Crippen molar-refractivity contribution in [2.45, 2.75) is 20.4 Å². The van der Waals surface area contributed by atoms with Gasteiger partial charge in [-0.1, -0.05) is 50.2 Å². The molecule has 0 saturated heterocycles. The van der Waals surface area contributed by atoms with Gasteiger partial charge in [-0.3, -0.25) is 9.89 Å². The first-order chi connectivity index (χ1) is 15.2. The maximum atomic E-state index is 12.7. The summed E-state index contributed by atoms with van der Waals surface area (Å²) in [4.78, 5) is 15.0. The Morgan fingerprint density at radius 2 is 1.87 bits per heavy atom. The zero-order valence-corrected chi connectivity index (χ0v) is 18.4. The topological polar surface area (TPSA) is 79.5 Å². The summed E-state index contributed by atoms with van der Waals surface area (Å²) in [5.74, 6) is 1.16. The molecular formula is C24H30N4O3. The molecule has 1 amide bonds. The Balaban J connectivity index is 1.61. The minimum atomic E-state index is -0.189. The van der Waals surface area contributed by atoms with Crippen LogP contribution in [0.5, 0.6) is 11.5 Å². The minimum absolute atomic E-state index is 0.189. The van der Waals surface area contributed by atoms with E-state index in [-0.39, 0.29) is 5.91 Å². The van der Waals surface area contributed by atoms with Crippen LogP contribution in [0.2, 0.25) is 0 Å². The molecular weight excluding hydrogens is 392 g/mol. The number of nitrogens with one attached hydrogen (secondary N) is 2. The van der Waals surface area contributed by atoms with Crippen molar-refractivity contribution in [2.24, 2.45) is 0 Å². The third-order valence-electron chi connectivity index (χ3n) is 5.19. The Morgan fingerprint density at radius 3 is 2.58 bits per heavy atom. The van der Waals surface area contributed by atoms with E-state index in [1.807, 2.05) is 48.5 Å². The van der Waals surface area contributed by atoms with Crippen molar-refractivity contribution in [1.29, 1.82) is 0 Å². The lowest BCUT2D eigenvalue weighted by Crippen LogP contribution is -2.28. The van der Waals surface area contributed by atoms with Crippen molar-refractivity contribution in [3.63, 3.8) is 0 Å². The van der Waals surface area contributed by atoms with Gasteiger partial charge >= 0.3 is 0 Å². The number of amides is 1. The van der Waals surface area contributed by atoms with Crippen LogP contribution >= 0.6 is 0 Å². The van der Waals surface area contributed by atoms with Crippen LogP contribution in [0.15, 0.2) is 54.7 Å². The summed E-state index contributed by atoms with van der Waals surface area (Å²) in [7, 11) is 1.62. The lowest BCUT2D eigenvalue weighted by atomic mass is 10.1. The fourth-order valence-corrected chi connectivity index (χ4v) is 3.33. The molecule has 0 aliphatic heterocycles. The molecule has 2 aromatic carbocycles. The van der Waals surface area contributed by atoms with Gasteiger partial charge in [0.25, 0.3) is 5.91 Å². The number of methoxy groups -OCH3 is 1. The summed E-state index contributed by atoms with van der Waals surface area (Å²) < 4.78 is 11.4. The van der Waals surface area contributed by atoms with Gasteiger partial charge in [-0.25, -0.2) is 0 Å². The predicted molar refractivity (Wildman–Crippen MR) is 121 cm³/mol. The molecule has 0 spiro atoms. The Labute approximate surface area is 183 Å². The second kappa shape index (κ2) is 11.2. The van der Waals surface area contributed by atoms with E-state index in [1.165, 1.54) is 0 Å². The van der Waals surface area contributed by atoms with E-state index in [4.69, 9.17) is 9.47 Å². The van der Waals surface area contributed by atoms with Gasteiger partial charge < -0.3 is 19.7 Å². The molecule has 0 aliphatic carbocycles. The Kier molecular flexibility index (Phi) is 8.06. The average Bonchev–Trinajstić information content (AvgIpc) is 3.31. The van der Waals surface area contributed by atoms with Gasteiger partial charge in [0.05, 0.1) is 24.6 Å². The number of hydrogen-bond acceptors (Lipinski definition) is 5. The van der Waals surface area contributed by atoms with Gasteiger partial charge in [0.1, 0.15) is 6.61 Å². The first kappa shape index (κ1) is 22.4. The third kappa shape index (κ3) is 5.86. The van der Waals surface area contributed by atoms with Crippen LogP contribution in [0, 0.1) is 0 Å². The first-order valence-corrected chi connectivity index (χ1v) is 10.5. The summed E-state index contributed by atoms with van der Waals surface area (Å²) >= 11 is 0. The van der Waals surface area contributed by atoms with E-state index >= 15 is 0 Å². The molecule has 2 N–H and O–H groups in total. The molecule has 3 rings (SSSR count). The second-order valence-corrected chi connectivity index (χ2v) is 7.07. The molecule has 0 unspecified atom stereocenters. The number of aromatic nitrogens is 2. The van der Waals surface area contributed by atoms with Crippen molar-refractivity contribution in [1.82, 2.24) is 20.4 Å². The highest BCUT2D eigenvalue weighted by Gasteiger charge is 2.15. The van der Waals surface area contributed by atoms with Crippen molar-refractivity contribution < 1.29 is 14.3 Å². The van der Waals surface area contributed by atoms with E-state index in [1.54, 1.807) is 13.3 Å². The number of ether oxygens (including phenoxy) is 2. The van der Waals surface area contributed by atoms with Gasteiger partial charge in [-0.05, 0) is 30.8 Å². The lowest BCUT2D eigenvalue weighted by molar-refractivity contribution is 0.0951. The fraction of sp³-hybridized carbons (Fsp3) is 0.333. The van der Waals surface area contributed by atoms with Gasteiger partial charge in [0.2, 0.25) is 0 Å². The highest BCUT2D eigenvalue weighted by Crippen LogP contribution is 2.28. The summed E-state index contributed by atoms with van der Waals surface area (Å²) in [6, 6.07) is 15.4. The summed E-state index contributed by atoms with van der Waals surface area (Å²) in [5.41, 5.74) is 3.05. The van der Waals surface area contributed by atoms with Crippen LogP contribution in [-0.2, 0) is 6.54 Å². The molecule has 1 heterocycles. The molecule has 0 radical (unpaired) electrons. The van der Waals surface area contributed by atoms with Gasteiger partial charge in [0, 0.05) is 18.7 Å². The highest BCUT2D eigenvalue weighted by atomic mass is 16.5. The van der Waals surface area contributed by atoms with E-state index in [9.17, 15) is 4.79 Å². The van der Waals surface area contributed by atoms with Crippen molar-refractivity contribution in [3.8, 4) is 22.8 Å². The average molecular weight is 423 g/mol. The van der Waals surface area contributed by atoms with Crippen molar-refractivity contribution >= 4 is 5.91 Å². The summed E-state index contributed by atoms with van der Waals surface area (Å²) in [6.07, 6.45) is 1.55. The molecule has 0 fully saturated rings. The monoisotopic (exact) mass is 422 g/mol. The van der Waals surface area contributed by atoms with Crippen LogP contribution in [-0.4, -0.2) is 54.4 Å². The smallest absolute Gasteiger partial charge is 0.255 e. The molecule has 3 aromatic rings. The number of carbonyl (C=O) groups excluding carboxylic acids is 1. The van der Waals surface area contributed by atoms with Crippen molar-refractivity contribution in [2.75, 3.05) is 33.4 Å². The number of nitrogens with zero attached hydrogens (tertiary/aromatic N) is 2. The van der Waals surface area contributed by atoms with Crippen LogP contribution in [0.1, 0.15) is 29.8 Å². The van der Waals surface area contributed by atoms with Crippen LogP contribution < -0.4 is 14.8 Å². The quantitative estimate of drug-likeness (QED) is 0.492. The number of benzene rings is 2.